The molecule has 7 nitrogen and oxygen atoms in total. The van der Waals surface area contributed by atoms with Gasteiger partial charge in [-0.05, 0) is 33.6 Å². The minimum absolute atomic E-state index is 0.0505. The number of nitrogens with zero attached hydrogens (tertiary/aromatic N) is 3. The van der Waals surface area contributed by atoms with E-state index in [0.29, 0.717) is 24.6 Å². The molecule has 2 heterocycles. The Morgan fingerprint density at radius 1 is 1.50 bits per heavy atom. The van der Waals surface area contributed by atoms with E-state index in [9.17, 15) is 4.79 Å². The van der Waals surface area contributed by atoms with Crippen molar-refractivity contribution in [1.29, 1.82) is 0 Å². The van der Waals surface area contributed by atoms with Crippen molar-refractivity contribution >= 4 is 29.2 Å². The van der Waals surface area contributed by atoms with Gasteiger partial charge in [0, 0.05) is 19.1 Å². The molecule has 0 bridgehead atoms. The maximum absolute atomic E-state index is 12.1. The van der Waals surface area contributed by atoms with Gasteiger partial charge in [-0.3, -0.25) is 0 Å². The SMILES string of the molecule is CC(C)(C)OC(=O)N1CCC[C@@H](Nc2ncnc(Cl)c2N)C1. The molecule has 0 spiro atoms. The first kappa shape index (κ1) is 16.6. The number of hydrogen-bond acceptors (Lipinski definition) is 6. The molecule has 1 aliphatic rings. The highest BCUT2D eigenvalue weighted by atomic mass is 35.5. The highest BCUT2D eigenvalue weighted by Gasteiger charge is 2.28. The van der Waals surface area contributed by atoms with Crippen molar-refractivity contribution in [3.05, 3.63) is 11.5 Å². The van der Waals surface area contributed by atoms with E-state index in [-0.39, 0.29) is 17.3 Å². The number of halogens is 1. The fraction of sp³-hybridized carbons (Fsp3) is 0.643. The lowest BCUT2D eigenvalue weighted by molar-refractivity contribution is 0.0206. The molecule has 1 aromatic rings. The molecule has 8 heteroatoms. The van der Waals surface area contributed by atoms with Crippen LogP contribution in [0.25, 0.3) is 0 Å². The van der Waals surface area contributed by atoms with Gasteiger partial charge in [-0.15, -0.1) is 0 Å². The number of nitrogen functional groups attached to an aromatic ring is 1. The molecule has 0 saturated carbocycles. The molecular formula is C14H22ClN5O2. The fourth-order valence-electron chi connectivity index (χ4n) is 2.27. The summed E-state index contributed by atoms with van der Waals surface area (Å²) >= 11 is 5.88. The van der Waals surface area contributed by atoms with Gasteiger partial charge in [0.25, 0.3) is 0 Å². The summed E-state index contributed by atoms with van der Waals surface area (Å²) in [6.07, 6.45) is 2.86. The number of amides is 1. The molecule has 1 fully saturated rings. The average molecular weight is 328 g/mol. The lowest BCUT2D eigenvalue weighted by Gasteiger charge is -2.34. The summed E-state index contributed by atoms with van der Waals surface area (Å²) in [5.41, 5.74) is 5.67. The smallest absolute Gasteiger partial charge is 0.410 e. The molecule has 1 saturated heterocycles. The molecule has 1 aromatic heterocycles. The number of anilines is 2. The zero-order chi connectivity index (χ0) is 16.3. The van der Waals surface area contributed by atoms with Crippen molar-refractivity contribution < 1.29 is 9.53 Å². The van der Waals surface area contributed by atoms with Gasteiger partial charge < -0.3 is 20.7 Å². The third-order valence-electron chi connectivity index (χ3n) is 3.25. The normalized spacial score (nSPS) is 18.9. The van der Waals surface area contributed by atoms with E-state index < -0.39 is 5.60 Å². The third-order valence-corrected chi connectivity index (χ3v) is 3.55. The minimum Gasteiger partial charge on any atom is -0.444 e. The van der Waals surface area contributed by atoms with E-state index >= 15 is 0 Å². The Morgan fingerprint density at radius 2 is 2.23 bits per heavy atom. The molecule has 0 unspecified atom stereocenters. The van der Waals surface area contributed by atoms with Crippen molar-refractivity contribution in [2.45, 2.75) is 45.3 Å². The van der Waals surface area contributed by atoms with Gasteiger partial charge in [0.05, 0.1) is 0 Å². The Balaban J connectivity index is 1.99. The summed E-state index contributed by atoms with van der Waals surface area (Å²) in [5.74, 6) is 0.496. The Labute approximate surface area is 135 Å². The number of piperidine rings is 1. The minimum atomic E-state index is -0.498. The van der Waals surface area contributed by atoms with E-state index in [2.05, 4.69) is 15.3 Å². The predicted molar refractivity (Wildman–Crippen MR) is 85.9 cm³/mol. The maximum atomic E-state index is 12.1. The van der Waals surface area contributed by atoms with Crippen molar-refractivity contribution in [3.63, 3.8) is 0 Å². The number of nitrogens with one attached hydrogen (secondary N) is 1. The zero-order valence-corrected chi connectivity index (χ0v) is 13.9. The van der Waals surface area contributed by atoms with Gasteiger partial charge in [0.1, 0.15) is 17.6 Å². The summed E-state index contributed by atoms with van der Waals surface area (Å²) in [6.45, 7) is 6.79. The first-order valence-corrected chi connectivity index (χ1v) is 7.64. The molecule has 3 N–H and O–H groups in total. The van der Waals surface area contributed by atoms with Gasteiger partial charge in [-0.2, -0.15) is 0 Å². The van der Waals surface area contributed by atoms with Gasteiger partial charge in [-0.1, -0.05) is 11.6 Å². The Morgan fingerprint density at radius 3 is 2.91 bits per heavy atom. The number of nitrogens with two attached hydrogens (primary N) is 1. The number of hydrogen-bond donors (Lipinski definition) is 2. The number of likely N-dealkylation sites (tertiary alicyclic amines) is 1. The predicted octanol–water partition coefficient (Wildman–Crippen LogP) is 2.52. The van der Waals surface area contributed by atoms with Crippen LogP contribution in [0.1, 0.15) is 33.6 Å². The standard InChI is InChI=1S/C14H22ClN5O2/c1-14(2,3)22-13(21)20-6-4-5-9(7-20)19-12-10(16)11(15)17-8-18-12/h8-9H,4-7,16H2,1-3H3,(H,17,18,19)/t9-/m1/s1. The Bertz CT molecular complexity index is 547. The van der Waals surface area contributed by atoms with Crippen molar-refractivity contribution in [3.8, 4) is 0 Å². The molecule has 22 heavy (non-hydrogen) atoms. The fourth-order valence-corrected chi connectivity index (χ4v) is 2.40. The molecule has 0 radical (unpaired) electrons. The van der Waals surface area contributed by atoms with Gasteiger partial charge in [0.2, 0.25) is 0 Å². The van der Waals surface area contributed by atoms with Crippen molar-refractivity contribution in [2.24, 2.45) is 0 Å². The van der Waals surface area contributed by atoms with E-state index in [4.69, 9.17) is 22.1 Å². The largest absolute Gasteiger partial charge is 0.444 e. The number of carbonyl (C=O) groups is 1. The number of aromatic nitrogens is 2. The van der Waals surface area contributed by atoms with Gasteiger partial charge in [0.15, 0.2) is 11.0 Å². The quantitative estimate of drug-likeness (QED) is 0.811. The monoisotopic (exact) mass is 327 g/mol. The molecule has 1 amide bonds. The van der Waals surface area contributed by atoms with Crippen LogP contribution in [-0.2, 0) is 4.74 Å². The van der Waals surface area contributed by atoms with Crippen LogP contribution in [0.15, 0.2) is 6.33 Å². The van der Waals surface area contributed by atoms with Crippen molar-refractivity contribution in [2.75, 3.05) is 24.1 Å². The van der Waals surface area contributed by atoms with Crippen LogP contribution >= 0.6 is 11.6 Å². The highest BCUT2D eigenvalue weighted by Crippen LogP contribution is 2.24. The van der Waals surface area contributed by atoms with Crippen LogP contribution in [0, 0.1) is 0 Å². The number of carbonyl (C=O) groups excluding carboxylic acids is 1. The molecule has 0 aromatic carbocycles. The van der Waals surface area contributed by atoms with Gasteiger partial charge >= 0.3 is 6.09 Å². The second-order valence-corrected chi connectivity index (χ2v) is 6.69. The molecule has 0 aliphatic carbocycles. The number of ether oxygens (including phenoxy) is 1. The first-order valence-electron chi connectivity index (χ1n) is 7.26. The molecular weight excluding hydrogens is 306 g/mol. The van der Waals surface area contributed by atoms with Gasteiger partial charge in [-0.25, -0.2) is 14.8 Å². The van der Waals surface area contributed by atoms with Crippen molar-refractivity contribution in [1.82, 2.24) is 14.9 Å². The molecule has 122 valence electrons. The van der Waals surface area contributed by atoms with E-state index in [1.807, 2.05) is 20.8 Å². The van der Waals surface area contributed by atoms with Crippen LogP contribution in [0.2, 0.25) is 5.15 Å². The first-order chi connectivity index (χ1) is 10.3. The zero-order valence-electron chi connectivity index (χ0n) is 13.1. The van der Waals surface area contributed by atoms with E-state index in [1.54, 1.807) is 4.90 Å². The Kier molecular flexibility index (Phi) is 4.95. The molecule has 2 rings (SSSR count). The number of rotatable bonds is 2. The lowest BCUT2D eigenvalue weighted by atomic mass is 10.1. The molecule has 1 atom stereocenters. The second kappa shape index (κ2) is 6.56. The summed E-state index contributed by atoms with van der Waals surface area (Å²) in [7, 11) is 0. The van der Waals surface area contributed by atoms with E-state index in [0.717, 1.165) is 12.8 Å². The molecule has 1 aliphatic heterocycles. The second-order valence-electron chi connectivity index (χ2n) is 6.34. The summed E-state index contributed by atoms with van der Waals surface area (Å²) in [4.78, 5) is 21.8. The summed E-state index contributed by atoms with van der Waals surface area (Å²) in [5, 5.41) is 3.45. The summed E-state index contributed by atoms with van der Waals surface area (Å²) < 4.78 is 5.41. The summed E-state index contributed by atoms with van der Waals surface area (Å²) in [6, 6.07) is 0.0505. The lowest BCUT2D eigenvalue weighted by Crippen LogP contribution is -2.47. The topological polar surface area (TPSA) is 93.4 Å². The van der Waals surface area contributed by atoms with Crippen LogP contribution in [0.3, 0.4) is 0 Å². The maximum Gasteiger partial charge on any atom is 0.410 e. The van der Waals surface area contributed by atoms with Crippen LogP contribution in [-0.4, -0.2) is 45.7 Å². The van der Waals surface area contributed by atoms with Crippen LogP contribution in [0.4, 0.5) is 16.3 Å². The van der Waals surface area contributed by atoms with E-state index in [1.165, 1.54) is 6.33 Å². The average Bonchev–Trinajstić information content (AvgIpc) is 2.42. The van der Waals surface area contributed by atoms with Crippen LogP contribution in [0.5, 0.6) is 0 Å². The van der Waals surface area contributed by atoms with Crippen LogP contribution < -0.4 is 11.1 Å². The third kappa shape index (κ3) is 4.37. The highest BCUT2D eigenvalue weighted by molar-refractivity contribution is 6.32. The Hall–Kier alpha value is -1.76.